The van der Waals surface area contributed by atoms with Crippen LogP contribution < -0.4 is 5.43 Å². The number of furan rings is 2. The fraction of sp³-hybridized carbons (Fsp3) is 0. The average molecular weight is 283 g/mol. The van der Waals surface area contributed by atoms with E-state index in [2.05, 4.69) is 26.5 Å². The number of halogens is 1. The van der Waals surface area contributed by atoms with Crippen molar-refractivity contribution in [3.63, 3.8) is 0 Å². The van der Waals surface area contributed by atoms with Crippen LogP contribution in [0.3, 0.4) is 0 Å². The Labute approximate surface area is 99.3 Å². The number of hydrogen-bond donors (Lipinski definition) is 1. The lowest BCUT2D eigenvalue weighted by Gasteiger charge is -1.93. The van der Waals surface area contributed by atoms with Gasteiger partial charge >= 0.3 is 5.91 Å². The van der Waals surface area contributed by atoms with E-state index in [-0.39, 0.29) is 5.76 Å². The molecule has 0 aromatic carbocycles. The van der Waals surface area contributed by atoms with Gasteiger partial charge in [-0.2, -0.15) is 5.10 Å². The van der Waals surface area contributed by atoms with E-state index in [4.69, 9.17) is 8.83 Å². The van der Waals surface area contributed by atoms with Gasteiger partial charge in [-0.1, -0.05) is 0 Å². The highest BCUT2D eigenvalue weighted by atomic mass is 79.9. The van der Waals surface area contributed by atoms with Crippen molar-refractivity contribution in [1.82, 2.24) is 5.43 Å². The summed E-state index contributed by atoms with van der Waals surface area (Å²) in [5.41, 5.74) is 3.09. The van der Waals surface area contributed by atoms with Crippen molar-refractivity contribution in [2.24, 2.45) is 5.10 Å². The predicted molar refractivity (Wildman–Crippen MR) is 60.2 cm³/mol. The van der Waals surface area contributed by atoms with Gasteiger partial charge in [-0.3, -0.25) is 4.79 Å². The Bertz CT molecular complexity index is 502. The Morgan fingerprint density at radius 1 is 1.44 bits per heavy atom. The minimum Gasteiger partial charge on any atom is -0.472 e. The molecule has 2 rings (SSSR count). The topological polar surface area (TPSA) is 67.7 Å². The molecule has 0 aliphatic rings. The van der Waals surface area contributed by atoms with E-state index in [9.17, 15) is 4.79 Å². The van der Waals surface area contributed by atoms with Crippen LogP contribution in [0.5, 0.6) is 0 Å². The summed E-state index contributed by atoms with van der Waals surface area (Å²) in [4.78, 5) is 11.4. The molecule has 2 heterocycles. The van der Waals surface area contributed by atoms with Gasteiger partial charge in [0, 0.05) is 5.56 Å². The van der Waals surface area contributed by atoms with E-state index in [0.717, 1.165) is 5.56 Å². The van der Waals surface area contributed by atoms with Crippen molar-refractivity contribution >= 4 is 28.1 Å². The second kappa shape index (κ2) is 4.80. The van der Waals surface area contributed by atoms with E-state index >= 15 is 0 Å². The number of carbonyl (C=O) groups is 1. The second-order valence-corrected chi connectivity index (χ2v) is 3.64. The molecule has 0 saturated carbocycles. The Balaban J connectivity index is 1.94. The standard InChI is InChI=1S/C10H7BrN2O3/c11-9-2-1-8(16-9)10(14)13-12-5-7-3-4-15-6-7/h1-6H,(H,13,14)/b12-5-. The molecule has 1 amide bonds. The molecule has 6 heteroatoms. The zero-order chi connectivity index (χ0) is 11.4. The van der Waals surface area contributed by atoms with Crippen molar-refractivity contribution in [2.45, 2.75) is 0 Å². The van der Waals surface area contributed by atoms with E-state index < -0.39 is 5.91 Å². The van der Waals surface area contributed by atoms with Crippen molar-refractivity contribution < 1.29 is 13.6 Å². The smallest absolute Gasteiger partial charge is 0.307 e. The minimum atomic E-state index is -0.412. The number of amides is 1. The number of nitrogens with zero attached hydrogens (tertiary/aromatic N) is 1. The van der Waals surface area contributed by atoms with Crippen LogP contribution in [0.1, 0.15) is 16.1 Å². The van der Waals surface area contributed by atoms with Crippen molar-refractivity contribution in [3.05, 3.63) is 46.7 Å². The lowest BCUT2D eigenvalue weighted by atomic mass is 10.4. The third-order valence-electron chi connectivity index (χ3n) is 1.72. The Morgan fingerprint density at radius 3 is 2.94 bits per heavy atom. The molecule has 0 radical (unpaired) electrons. The van der Waals surface area contributed by atoms with Crippen molar-refractivity contribution in [1.29, 1.82) is 0 Å². The highest BCUT2D eigenvalue weighted by molar-refractivity contribution is 9.10. The molecule has 2 aromatic rings. The first kappa shape index (κ1) is 10.7. The molecule has 0 bridgehead atoms. The summed E-state index contributed by atoms with van der Waals surface area (Å²) < 4.78 is 10.4. The zero-order valence-electron chi connectivity index (χ0n) is 8.01. The van der Waals surface area contributed by atoms with Crippen molar-refractivity contribution in [2.75, 3.05) is 0 Å². The number of carbonyl (C=O) groups excluding carboxylic acids is 1. The molecule has 5 nitrogen and oxygen atoms in total. The maximum Gasteiger partial charge on any atom is 0.307 e. The first-order valence-electron chi connectivity index (χ1n) is 4.36. The van der Waals surface area contributed by atoms with Gasteiger partial charge in [-0.15, -0.1) is 0 Å². The number of nitrogens with one attached hydrogen (secondary N) is 1. The molecule has 82 valence electrons. The normalized spacial score (nSPS) is 10.8. The monoisotopic (exact) mass is 282 g/mol. The van der Waals surface area contributed by atoms with Gasteiger partial charge in [0.1, 0.15) is 0 Å². The molecule has 0 aliphatic heterocycles. The van der Waals surface area contributed by atoms with Gasteiger partial charge < -0.3 is 8.83 Å². The molecule has 0 aliphatic carbocycles. The average Bonchev–Trinajstić information content (AvgIpc) is 2.89. The van der Waals surface area contributed by atoms with Gasteiger partial charge in [0.25, 0.3) is 0 Å². The van der Waals surface area contributed by atoms with Gasteiger partial charge in [-0.05, 0) is 34.1 Å². The van der Waals surface area contributed by atoms with Crippen LogP contribution in [0, 0.1) is 0 Å². The summed E-state index contributed by atoms with van der Waals surface area (Å²) in [6.07, 6.45) is 4.51. The van der Waals surface area contributed by atoms with Gasteiger partial charge in [0.05, 0.1) is 18.7 Å². The molecule has 0 fully saturated rings. The predicted octanol–water partition coefficient (Wildman–Crippen LogP) is 2.40. The first-order valence-corrected chi connectivity index (χ1v) is 5.16. The van der Waals surface area contributed by atoms with Crippen molar-refractivity contribution in [3.8, 4) is 0 Å². The minimum absolute atomic E-state index is 0.191. The second-order valence-electron chi connectivity index (χ2n) is 2.86. The Kier molecular flexibility index (Phi) is 3.21. The molecule has 0 spiro atoms. The summed E-state index contributed by atoms with van der Waals surface area (Å²) in [5, 5.41) is 3.74. The van der Waals surface area contributed by atoms with Crippen LogP contribution >= 0.6 is 15.9 Å². The van der Waals surface area contributed by atoms with Crippen LogP contribution in [-0.4, -0.2) is 12.1 Å². The molecule has 1 N–H and O–H groups in total. The van der Waals surface area contributed by atoms with Crippen LogP contribution in [0.4, 0.5) is 0 Å². The molecule has 0 saturated heterocycles. The zero-order valence-corrected chi connectivity index (χ0v) is 9.60. The van der Waals surface area contributed by atoms with E-state index in [1.54, 1.807) is 18.2 Å². The number of hydrogen-bond acceptors (Lipinski definition) is 4. The number of hydrazone groups is 1. The fourth-order valence-corrected chi connectivity index (χ4v) is 1.31. The summed E-state index contributed by atoms with van der Waals surface area (Å²) >= 11 is 3.10. The van der Waals surface area contributed by atoms with E-state index in [1.165, 1.54) is 18.7 Å². The van der Waals surface area contributed by atoms with Crippen LogP contribution in [-0.2, 0) is 0 Å². The third kappa shape index (κ3) is 2.60. The molecular weight excluding hydrogens is 276 g/mol. The van der Waals surface area contributed by atoms with Crippen LogP contribution in [0.2, 0.25) is 0 Å². The molecule has 0 atom stereocenters. The number of rotatable bonds is 3. The highest BCUT2D eigenvalue weighted by Gasteiger charge is 2.08. The summed E-state index contributed by atoms with van der Waals surface area (Å²) in [7, 11) is 0. The van der Waals surface area contributed by atoms with Gasteiger partial charge in [0.15, 0.2) is 10.4 Å². The maximum atomic E-state index is 11.4. The Morgan fingerprint density at radius 2 is 2.31 bits per heavy atom. The Hall–Kier alpha value is -1.82. The SMILES string of the molecule is O=C(N/N=C\c1ccoc1)c1ccc(Br)o1. The largest absolute Gasteiger partial charge is 0.472 e. The highest BCUT2D eigenvalue weighted by Crippen LogP contribution is 2.13. The summed E-state index contributed by atoms with van der Waals surface area (Å²) in [6.45, 7) is 0. The van der Waals surface area contributed by atoms with Crippen LogP contribution in [0.15, 0.2) is 49.3 Å². The third-order valence-corrected chi connectivity index (χ3v) is 2.15. The fourth-order valence-electron chi connectivity index (χ4n) is 1.01. The summed E-state index contributed by atoms with van der Waals surface area (Å²) in [5.74, 6) is -0.221. The molecule has 2 aromatic heterocycles. The first-order chi connectivity index (χ1) is 7.75. The molecule has 16 heavy (non-hydrogen) atoms. The van der Waals surface area contributed by atoms with E-state index in [1.807, 2.05) is 0 Å². The van der Waals surface area contributed by atoms with E-state index in [0.29, 0.717) is 4.67 Å². The molecule has 0 unspecified atom stereocenters. The lowest BCUT2D eigenvalue weighted by Crippen LogP contribution is -2.16. The quantitative estimate of drug-likeness (QED) is 0.694. The molecular formula is C10H7BrN2O3. The van der Waals surface area contributed by atoms with Gasteiger partial charge in [-0.25, -0.2) is 5.43 Å². The maximum absolute atomic E-state index is 11.4. The van der Waals surface area contributed by atoms with Gasteiger partial charge in [0.2, 0.25) is 0 Å². The summed E-state index contributed by atoms with van der Waals surface area (Å²) in [6, 6.07) is 4.90. The lowest BCUT2D eigenvalue weighted by molar-refractivity contribution is 0.0926. The van der Waals surface area contributed by atoms with Crippen LogP contribution in [0.25, 0.3) is 0 Å².